The number of furan rings is 1. The molecule has 0 N–H and O–H groups in total. The van der Waals surface area contributed by atoms with Crippen molar-refractivity contribution >= 4 is 0 Å². The largest absolute Gasteiger partial charge is 0.466 e. The van der Waals surface area contributed by atoms with E-state index in [-0.39, 0.29) is 0 Å². The monoisotopic (exact) mass is 313 g/mol. The van der Waals surface area contributed by atoms with Crippen LogP contribution < -0.4 is 0 Å². The maximum Gasteiger partial charge on any atom is 0.115 e. The molecule has 3 rings (SSSR count). The Morgan fingerprint density at radius 1 is 1.26 bits per heavy atom. The minimum absolute atomic E-state index is 0.491. The van der Waals surface area contributed by atoms with Crippen molar-refractivity contribution in [3.05, 3.63) is 47.4 Å². The molecule has 0 aliphatic carbocycles. The molecule has 0 amide bonds. The molecule has 3 heterocycles. The Morgan fingerprint density at radius 2 is 2.04 bits per heavy atom. The van der Waals surface area contributed by atoms with Gasteiger partial charge in [-0.05, 0) is 70.4 Å². The molecule has 2 aromatic heterocycles. The molecule has 4 heteroatoms. The van der Waals surface area contributed by atoms with Crippen LogP contribution in [0.2, 0.25) is 0 Å². The molecule has 0 bridgehead atoms. The smallest absolute Gasteiger partial charge is 0.115 e. The first kappa shape index (κ1) is 16.2. The average Bonchev–Trinajstić information content (AvgIpc) is 3.00. The molecular weight excluding hydrogens is 286 g/mol. The van der Waals surface area contributed by atoms with Crippen LogP contribution in [0.5, 0.6) is 0 Å². The first-order valence-corrected chi connectivity index (χ1v) is 8.68. The van der Waals surface area contributed by atoms with Crippen molar-refractivity contribution in [1.82, 2.24) is 14.9 Å². The van der Waals surface area contributed by atoms with Gasteiger partial charge in [0.05, 0.1) is 0 Å². The maximum atomic E-state index is 5.74. The molecular formula is C19H27N3O. The van der Waals surface area contributed by atoms with Gasteiger partial charge in [0.1, 0.15) is 17.8 Å². The highest BCUT2D eigenvalue weighted by atomic mass is 16.3. The molecule has 2 aromatic rings. The molecule has 0 unspecified atom stereocenters. The van der Waals surface area contributed by atoms with Crippen molar-refractivity contribution in [2.24, 2.45) is 0 Å². The molecule has 1 saturated heterocycles. The lowest BCUT2D eigenvalue weighted by atomic mass is 9.91. The Bertz CT molecular complexity index is 629. The summed E-state index contributed by atoms with van der Waals surface area (Å²) in [6.07, 6.45) is 7.17. The minimum atomic E-state index is 0.491. The molecule has 1 aliphatic rings. The topological polar surface area (TPSA) is 42.2 Å². The van der Waals surface area contributed by atoms with Crippen LogP contribution in [0, 0.1) is 13.8 Å². The predicted molar refractivity (Wildman–Crippen MR) is 91.7 cm³/mol. The van der Waals surface area contributed by atoms with E-state index in [4.69, 9.17) is 4.42 Å². The van der Waals surface area contributed by atoms with Gasteiger partial charge in [0.2, 0.25) is 0 Å². The zero-order valence-corrected chi connectivity index (χ0v) is 14.5. The molecule has 4 nitrogen and oxygen atoms in total. The Hall–Kier alpha value is -1.68. The van der Waals surface area contributed by atoms with Gasteiger partial charge in [-0.2, -0.15) is 0 Å². The van der Waals surface area contributed by atoms with Crippen LogP contribution in [-0.2, 0) is 0 Å². The lowest BCUT2D eigenvalue weighted by Gasteiger charge is -2.32. The number of hydrogen-bond donors (Lipinski definition) is 0. The summed E-state index contributed by atoms with van der Waals surface area (Å²) in [6, 6.07) is 4.17. The van der Waals surface area contributed by atoms with Crippen molar-refractivity contribution in [3.8, 4) is 0 Å². The van der Waals surface area contributed by atoms with E-state index in [2.05, 4.69) is 40.8 Å². The van der Waals surface area contributed by atoms with Crippen LogP contribution in [0.4, 0.5) is 0 Å². The standard InChI is InChI=1S/C19H27N3O/c1-14(18-5-4-16(3)23-18)6-9-22-10-7-17(8-11-22)19-15(2)12-20-13-21-19/h4-5,12-14,17H,6-11H2,1-3H3/t14-/m0/s1. The van der Waals surface area contributed by atoms with Crippen LogP contribution in [0.1, 0.15) is 60.8 Å². The summed E-state index contributed by atoms with van der Waals surface area (Å²) < 4.78 is 5.74. The molecule has 23 heavy (non-hydrogen) atoms. The van der Waals surface area contributed by atoms with E-state index in [0.717, 1.165) is 37.6 Å². The molecule has 0 spiro atoms. The van der Waals surface area contributed by atoms with Crippen LogP contribution in [0.3, 0.4) is 0 Å². The summed E-state index contributed by atoms with van der Waals surface area (Å²) in [4.78, 5) is 11.2. The molecule has 1 atom stereocenters. The lowest BCUT2D eigenvalue weighted by Crippen LogP contribution is -2.34. The summed E-state index contributed by atoms with van der Waals surface area (Å²) in [5.74, 6) is 3.21. The molecule has 1 aliphatic heterocycles. The van der Waals surface area contributed by atoms with Gasteiger partial charge in [0, 0.05) is 23.7 Å². The van der Waals surface area contributed by atoms with Crippen molar-refractivity contribution in [3.63, 3.8) is 0 Å². The van der Waals surface area contributed by atoms with Crippen molar-refractivity contribution < 1.29 is 4.42 Å². The summed E-state index contributed by atoms with van der Waals surface area (Å²) in [5.41, 5.74) is 2.48. The Balaban J connectivity index is 1.47. The lowest BCUT2D eigenvalue weighted by molar-refractivity contribution is 0.203. The molecule has 0 radical (unpaired) electrons. The van der Waals surface area contributed by atoms with E-state index in [9.17, 15) is 0 Å². The highest BCUT2D eigenvalue weighted by Gasteiger charge is 2.23. The summed E-state index contributed by atoms with van der Waals surface area (Å²) >= 11 is 0. The van der Waals surface area contributed by atoms with Crippen LogP contribution >= 0.6 is 0 Å². The second-order valence-corrected chi connectivity index (χ2v) is 6.85. The summed E-state index contributed by atoms with van der Waals surface area (Å²) in [6.45, 7) is 9.87. The second kappa shape index (κ2) is 7.26. The fraction of sp³-hybridized carbons (Fsp3) is 0.579. The first-order chi connectivity index (χ1) is 11.1. The number of aryl methyl sites for hydroxylation is 2. The highest BCUT2D eigenvalue weighted by Crippen LogP contribution is 2.29. The third-order valence-electron chi connectivity index (χ3n) is 5.04. The van der Waals surface area contributed by atoms with Gasteiger partial charge in [-0.1, -0.05) is 6.92 Å². The van der Waals surface area contributed by atoms with Crippen LogP contribution in [-0.4, -0.2) is 34.5 Å². The Kier molecular flexibility index (Phi) is 5.11. The van der Waals surface area contributed by atoms with Crippen molar-refractivity contribution in [2.75, 3.05) is 19.6 Å². The number of aromatic nitrogens is 2. The quantitative estimate of drug-likeness (QED) is 0.835. The number of rotatable bonds is 5. The van der Waals surface area contributed by atoms with Crippen LogP contribution in [0.15, 0.2) is 29.1 Å². The van der Waals surface area contributed by atoms with E-state index >= 15 is 0 Å². The third-order valence-corrected chi connectivity index (χ3v) is 5.04. The second-order valence-electron chi connectivity index (χ2n) is 6.85. The fourth-order valence-corrected chi connectivity index (χ4v) is 3.50. The van der Waals surface area contributed by atoms with E-state index in [1.807, 2.05) is 13.1 Å². The number of piperidine rings is 1. The maximum absolute atomic E-state index is 5.74. The molecule has 1 fully saturated rings. The highest BCUT2D eigenvalue weighted by molar-refractivity contribution is 5.19. The van der Waals surface area contributed by atoms with E-state index < -0.39 is 0 Å². The number of likely N-dealkylation sites (tertiary alicyclic amines) is 1. The zero-order chi connectivity index (χ0) is 16.2. The van der Waals surface area contributed by atoms with Gasteiger partial charge in [0.15, 0.2) is 0 Å². The van der Waals surface area contributed by atoms with Gasteiger partial charge >= 0.3 is 0 Å². The average molecular weight is 313 g/mol. The fourth-order valence-electron chi connectivity index (χ4n) is 3.50. The molecule has 124 valence electrons. The minimum Gasteiger partial charge on any atom is -0.466 e. The predicted octanol–water partition coefficient (Wildman–Crippen LogP) is 4.06. The number of hydrogen-bond acceptors (Lipinski definition) is 4. The zero-order valence-electron chi connectivity index (χ0n) is 14.5. The van der Waals surface area contributed by atoms with Gasteiger partial charge in [-0.25, -0.2) is 9.97 Å². The first-order valence-electron chi connectivity index (χ1n) is 8.68. The third kappa shape index (κ3) is 3.99. The van der Waals surface area contributed by atoms with E-state index in [0.29, 0.717) is 11.8 Å². The SMILES string of the molecule is Cc1ccc([C@@H](C)CCN2CCC(c3ncncc3C)CC2)o1. The van der Waals surface area contributed by atoms with Gasteiger partial charge in [0.25, 0.3) is 0 Å². The van der Waals surface area contributed by atoms with Crippen molar-refractivity contribution in [1.29, 1.82) is 0 Å². The summed E-state index contributed by atoms with van der Waals surface area (Å²) in [5, 5.41) is 0. The molecule has 0 aromatic carbocycles. The number of nitrogens with zero attached hydrogens (tertiary/aromatic N) is 3. The van der Waals surface area contributed by atoms with E-state index in [1.165, 1.54) is 24.1 Å². The summed E-state index contributed by atoms with van der Waals surface area (Å²) in [7, 11) is 0. The van der Waals surface area contributed by atoms with E-state index in [1.54, 1.807) is 6.33 Å². The Labute approximate surface area is 138 Å². The van der Waals surface area contributed by atoms with Crippen molar-refractivity contribution in [2.45, 2.75) is 51.9 Å². The Morgan fingerprint density at radius 3 is 2.70 bits per heavy atom. The van der Waals surface area contributed by atoms with Gasteiger partial charge in [-0.15, -0.1) is 0 Å². The van der Waals surface area contributed by atoms with Crippen LogP contribution in [0.25, 0.3) is 0 Å². The van der Waals surface area contributed by atoms with Gasteiger partial charge in [-0.3, -0.25) is 0 Å². The van der Waals surface area contributed by atoms with Gasteiger partial charge < -0.3 is 9.32 Å². The normalized spacial score (nSPS) is 18.2. The molecule has 0 saturated carbocycles.